The lowest BCUT2D eigenvalue weighted by Gasteiger charge is -1.99. The second kappa shape index (κ2) is 5.05. The molecule has 2 aromatic carbocycles. The van der Waals surface area contributed by atoms with Crippen LogP contribution in [0.4, 0.5) is 10.1 Å². The quantitative estimate of drug-likeness (QED) is 0.728. The summed E-state index contributed by atoms with van der Waals surface area (Å²) in [6.07, 6.45) is 0. The van der Waals surface area contributed by atoms with E-state index in [1.165, 1.54) is 12.1 Å². The van der Waals surface area contributed by atoms with Crippen LogP contribution in [0.5, 0.6) is 0 Å². The number of hydrogen-bond donors (Lipinski definition) is 2. The Morgan fingerprint density at radius 1 is 1.20 bits per heavy atom. The Morgan fingerprint density at radius 2 is 1.95 bits per heavy atom. The average Bonchev–Trinajstić information content (AvgIpc) is 2.84. The van der Waals surface area contributed by atoms with Crippen LogP contribution in [0.15, 0.2) is 47.6 Å². The molecular formula is C14H12FN3OS. The number of H-pyrrole nitrogens is 1. The third-order valence-electron chi connectivity index (χ3n) is 2.91. The fourth-order valence-electron chi connectivity index (χ4n) is 1.91. The Labute approximate surface area is 117 Å². The molecule has 0 aliphatic carbocycles. The number of imidazole rings is 1. The van der Waals surface area contributed by atoms with Gasteiger partial charge in [0.15, 0.2) is 5.16 Å². The van der Waals surface area contributed by atoms with Crippen molar-refractivity contribution in [2.45, 2.75) is 10.9 Å². The van der Waals surface area contributed by atoms with Gasteiger partial charge in [-0.15, -0.1) is 0 Å². The molecule has 3 rings (SSSR count). The molecule has 0 spiro atoms. The van der Waals surface area contributed by atoms with Crippen LogP contribution in [-0.2, 0) is 16.6 Å². The zero-order chi connectivity index (χ0) is 14.1. The standard InChI is InChI=1S/C14H12FN3OS/c15-10-3-1-9(2-4-10)8-20(19)14-17-12-6-5-11(16)7-13(12)18-14/h1-7H,8,16H2,(H,17,18). The molecule has 4 nitrogen and oxygen atoms in total. The van der Waals surface area contributed by atoms with E-state index in [0.29, 0.717) is 10.8 Å². The van der Waals surface area contributed by atoms with Crippen molar-refractivity contribution in [3.63, 3.8) is 0 Å². The molecule has 102 valence electrons. The van der Waals surface area contributed by atoms with Gasteiger partial charge in [0.2, 0.25) is 0 Å². The van der Waals surface area contributed by atoms with E-state index in [9.17, 15) is 8.60 Å². The average molecular weight is 289 g/mol. The Kier molecular flexibility index (Phi) is 3.23. The predicted molar refractivity (Wildman–Crippen MR) is 77.0 cm³/mol. The van der Waals surface area contributed by atoms with Crippen LogP contribution in [0.25, 0.3) is 11.0 Å². The normalized spacial score (nSPS) is 12.7. The van der Waals surface area contributed by atoms with Crippen molar-refractivity contribution >= 4 is 27.5 Å². The van der Waals surface area contributed by atoms with Crippen LogP contribution in [0.1, 0.15) is 5.56 Å². The summed E-state index contributed by atoms with van der Waals surface area (Å²) in [5, 5.41) is 0.398. The molecule has 0 saturated heterocycles. The topological polar surface area (TPSA) is 71.8 Å². The van der Waals surface area contributed by atoms with Gasteiger partial charge < -0.3 is 10.7 Å². The smallest absolute Gasteiger partial charge is 0.197 e. The molecule has 0 aliphatic rings. The minimum atomic E-state index is -1.31. The number of hydrogen-bond acceptors (Lipinski definition) is 3. The molecule has 6 heteroatoms. The molecular weight excluding hydrogens is 277 g/mol. The van der Waals surface area contributed by atoms with Gasteiger partial charge in [-0.1, -0.05) is 12.1 Å². The Balaban J connectivity index is 1.86. The molecule has 0 bridgehead atoms. The largest absolute Gasteiger partial charge is 0.399 e. The first kappa shape index (κ1) is 12.8. The fraction of sp³-hybridized carbons (Fsp3) is 0.0714. The number of halogens is 1. The number of rotatable bonds is 3. The van der Waals surface area contributed by atoms with Crippen molar-refractivity contribution in [3.05, 3.63) is 53.8 Å². The van der Waals surface area contributed by atoms with Gasteiger partial charge in [0.25, 0.3) is 0 Å². The maximum atomic E-state index is 12.8. The third kappa shape index (κ3) is 2.55. The highest BCUT2D eigenvalue weighted by Gasteiger charge is 2.11. The zero-order valence-corrected chi connectivity index (χ0v) is 11.3. The Morgan fingerprint density at radius 3 is 2.70 bits per heavy atom. The van der Waals surface area contributed by atoms with Gasteiger partial charge in [-0.2, -0.15) is 0 Å². The monoisotopic (exact) mass is 289 g/mol. The third-order valence-corrected chi connectivity index (χ3v) is 4.13. The highest BCUT2D eigenvalue weighted by molar-refractivity contribution is 7.84. The van der Waals surface area contributed by atoms with E-state index in [1.54, 1.807) is 30.3 Å². The van der Waals surface area contributed by atoms with E-state index in [0.717, 1.165) is 16.6 Å². The number of fused-ring (bicyclic) bond motifs is 1. The van der Waals surface area contributed by atoms with E-state index >= 15 is 0 Å². The van der Waals surface area contributed by atoms with E-state index in [-0.39, 0.29) is 11.6 Å². The summed E-state index contributed by atoms with van der Waals surface area (Å²) in [4.78, 5) is 7.28. The first-order valence-corrected chi connectivity index (χ1v) is 7.32. The summed E-state index contributed by atoms with van der Waals surface area (Å²) in [6, 6.07) is 11.2. The van der Waals surface area contributed by atoms with E-state index in [1.807, 2.05) is 0 Å². The second-order valence-corrected chi connectivity index (χ2v) is 5.80. The van der Waals surface area contributed by atoms with Gasteiger partial charge in [-0.05, 0) is 35.9 Å². The number of nitrogens with two attached hydrogens (primary N) is 1. The Hall–Kier alpha value is -2.21. The van der Waals surface area contributed by atoms with Crippen molar-refractivity contribution in [2.75, 3.05) is 5.73 Å². The Bertz CT molecular complexity index is 783. The molecule has 1 aromatic heterocycles. The van der Waals surface area contributed by atoms with Crippen LogP contribution in [-0.4, -0.2) is 14.2 Å². The summed E-state index contributed by atoms with van der Waals surface area (Å²) < 4.78 is 25.1. The van der Waals surface area contributed by atoms with Gasteiger partial charge in [-0.25, -0.2) is 9.37 Å². The number of aromatic amines is 1. The molecule has 20 heavy (non-hydrogen) atoms. The highest BCUT2D eigenvalue weighted by Crippen LogP contribution is 2.18. The van der Waals surface area contributed by atoms with Gasteiger partial charge in [-0.3, -0.25) is 4.21 Å². The van der Waals surface area contributed by atoms with Crippen LogP contribution >= 0.6 is 0 Å². The van der Waals surface area contributed by atoms with E-state index in [2.05, 4.69) is 9.97 Å². The van der Waals surface area contributed by atoms with Crippen LogP contribution in [0.2, 0.25) is 0 Å². The molecule has 0 aliphatic heterocycles. The van der Waals surface area contributed by atoms with E-state index < -0.39 is 10.8 Å². The maximum absolute atomic E-state index is 12.8. The van der Waals surface area contributed by atoms with Crippen LogP contribution < -0.4 is 5.73 Å². The summed E-state index contributed by atoms with van der Waals surface area (Å²) in [7, 11) is -1.31. The second-order valence-electron chi connectivity index (χ2n) is 4.43. The van der Waals surface area contributed by atoms with Crippen LogP contribution in [0, 0.1) is 5.82 Å². The number of nitrogen functional groups attached to an aromatic ring is 1. The molecule has 0 radical (unpaired) electrons. The predicted octanol–water partition coefficient (Wildman–Crippen LogP) is 2.59. The molecule has 0 amide bonds. The number of anilines is 1. The highest BCUT2D eigenvalue weighted by atomic mass is 32.2. The fourth-order valence-corrected chi connectivity index (χ4v) is 2.97. The summed E-state index contributed by atoms with van der Waals surface area (Å²) >= 11 is 0. The lowest BCUT2D eigenvalue weighted by atomic mass is 10.2. The summed E-state index contributed by atoms with van der Waals surface area (Å²) in [6.45, 7) is 0. The van der Waals surface area contributed by atoms with Gasteiger partial charge in [0, 0.05) is 5.69 Å². The van der Waals surface area contributed by atoms with E-state index in [4.69, 9.17) is 5.73 Å². The minimum absolute atomic E-state index is 0.287. The molecule has 0 fully saturated rings. The molecule has 1 atom stereocenters. The molecule has 1 unspecified atom stereocenters. The lowest BCUT2D eigenvalue weighted by molar-refractivity contribution is 0.627. The summed E-state index contributed by atoms with van der Waals surface area (Å²) in [5.41, 5.74) is 8.59. The first-order chi connectivity index (χ1) is 9.61. The van der Waals surface area contributed by atoms with Crippen molar-refractivity contribution in [1.82, 2.24) is 9.97 Å². The van der Waals surface area contributed by atoms with Gasteiger partial charge in [0.05, 0.1) is 27.6 Å². The zero-order valence-electron chi connectivity index (χ0n) is 10.5. The number of benzene rings is 2. The molecule has 1 heterocycles. The van der Waals surface area contributed by atoms with Crippen LogP contribution in [0.3, 0.4) is 0 Å². The van der Waals surface area contributed by atoms with Crippen molar-refractivity contribution in [3.8, 4) is 0 Å². The molecule has 0 saturated carbocycles. The van der Waals surface area contributed by atoms with Gasteiger partial charge >= 0.3 is 0 Å². The van der Waals surface area contributed by atoms with Crippen molar-refractivity contribution < 1.29 is 8.60 Å². The number of nitrogens with one attached hydrogen (secondary N) is 1. The summed E-state index contributed by atoms with van der Waals surface area (Å²) in [5.74, 6) is -0.0194. The lowest BCUT2D eigenvalue weighted by Crippen LogP contribution is -1.98. The van der Waals surface area contributed by atoms with Crippen molar-refractivity contribution in [1.29, 1.82) is 0 Å². The number of nitrogens with zero attached hydrogens (tertiary/aromatic N) is 1. The minimum Gasteiger partial charge on any atom is -0.399 e. The van der Waals surface area contributed by atoms with Crippen molar-refractivity contribution in [2.24, 2.45) is 0 Å². The first-order valence-electron chi connectivity index (χ1n) is 6.00. The number of aromatic nitrogens is 2. The maximum Gasteiger partial charge on any atom is 0.197 e. The molecule has 3 N–H and O–H groups in total. The SMILES string of the molecule is Nc1ccc2nc(S(=O)Cc3ccc(F)cc3)[nH]c2c1. The van der Waals surface area contributed by atoms with Gasteiger partial charge in [0.1, 0.15) is 5.82 Å². The molecule has 3 aromatic rings.